The molecule has 0 fully saturated rings. The van der Waals surface area contributed by atoms with E-state index in [1.165, 1.54) is 37.4 Å². The molecule has 0 bridgehead atoms. The molecule has 0 aliphatic rings. The van der Waals surface area contributed by atoms with E-state index in [4.69, 9.17) is 13.9 Å². The van der Waals surface area contributed by atoms with Crippen LogP contribution in [0.4, 0.5) is 13.2 Å². The summed E-state index contributed by atoms with van der Waals surface area (Å²) in [4.78, 5) is 12.6. The molecule has 2 aromatic carbocycles. The maximum absolute atomic E-state index is 13.4. The molecule has 0 amide bonds. The molecule has 0 saturated heterocycles. The molecule has 3 aromatic rings. The van der Waals surface area contributed by atoms with Gasteiger partial charge in [0.1, 0.15) is 17.1 Å². The molecule has 0 saturated carbocycles. The van der Waals surface area contributed by atoms with E-state index in [2.05, 4.69) is 0 Å². The number of aryl methyl sites for hydroxylation is 1. The zero-order valence-electron chi connectivity index (χ0n) is 13.3. The van der Waals surface area contributed by atoms with Crippen molar-refractivity contribution in [3.05, 3.63) is 64.0 Å². The van der Waals surface area contributed by atoms with Gasteiger partial charge in [-0.05, 0) is 36.8 Å². The molecule has 25 heavy (non-hydrogen) atoms. The fourth-order valence-electron chi connectivity index (χ4n) is 2.36. The first kappa shape index (κ1) is 16.9. The van der Waals surface area contributed by atoms with Gasteiger partial charge in [0.15, 0.2) is 0 Å². The molecular formula is C18H13F3O4. The minimum atomic E-state index is -4.89. The molecule has 0 aliphatic carbocycles. The topological polar surface area (TPSA) is 48.7 Å². The van der Waals surface area contributed by atoms with Crippen LogP contribution in [0.1, 0.15) is 11.3 Å². The van der Waals surface area contributed by atoms with Crippen molar-refractivity contribution < 1.29 is 27.1 Å². The fraction of sp³-hybridized carbons (Fsp3) is 0.167. The van der Waals surface area contributed by atoms with Crippen molar-refractivity contribution in [1.82, 2.24) is 0 Å². The second kappa shape index (κ2) is 6.16. The van der Waals surface area contributed by atoms with Crippen molar-refractivity contribution in [3.63, 3.8) is 0 Å². The Morgan fingerprint density at radius 1 is 1.04 bits per heavy atom. The third-order valence-electron chi connectivity index (χ3n) is 3.52. The Morgan fingerprint density at radius 2 is 1.80 bits per heavy atom. The Hall–Kier alpha value is -2.96. The Kier molecular flexibility index (Phi) is 4.16. The number of halogens is 3. The molecule has 1 heterocycles. The number of hydrogen-bond donors (Lipinski definition) is 0. The summed E-state index contributed by atoms with van der Waals surface area (Å²) in [5.41, 5.74) is -0.355. The number of rotatable bonds is 3. The van der Waals surface area contributed by atoms with Gasteiger partial charge in [-0.1, -0.05) is 12.1 Å². The normalized spacial score (nSPS) is 11.6. The van der Waals surface area contributed by atoms with Crippen LogP contribution in [-0.2, 0) is 6.18 Å². The lowest BCUT2D eigenvalue weighted by atomic mass is 10.2. The van der Waals surface area contributed by atoms with Gasteiger partial charge in [-0.2, -0.15) is 13.2 Å². The molecule has 0 radical (unpaired) electrons. The van der Waals surface area contributed by atoms with Crippen LogP contribution in [-0.4, -0.2) is 7.11 Å². The number of fused-ring (bicyclic) bond motifs is 1. The highest BCUT2D eigenvalue weighted by Crippen LogP contribution is 2.38. The standard InChI is InChI=1S/C18H13F3O4/c1-10-4-3-5-12(8-10)24-16-15(22)13-7-6-11(23-2)9-14(13)25-17(16)18(19,20)21/h3-9H,1-2H3. The lowest BCUT2D eigenvalue weighted by Crippen LogP contribution is -2.15. The predicted octanol–water partition coefficient (Wildman–Crippen LogP) is 4.92. The molecule has 0 atom stereocenters. The first-order valence-corrected chi connectivity index (χ1v) is 7.26. The lowest BCUT2D eigenvalue weighted by Gasteiger charge is -2.13. The fourth-order valence-corrected chi connectivity index (χ4v) is 2.36. The number of ether oxygens (including phenoxy) is 2. The van der Waals surface area contributed by atoms with Crippen molar-refractivity contribution in [3.8, 4) is 17.2 Å². The second-order valence-electron chi connectivity index (χ2n) is 5.37. The van der Waals surface area contributed by atoms with E-state index in [0.29, 0.717) is 0 Å². The van der Waals surface area contributed by atoms with Crippen molar-refractivity contribution in [2.24, 2.45) is 0 Å². The third kappa shape index (κ3) is 3.31. The molecule has 0 unspecified atom stereocenters. The summed E-state index contributed by atoms with van der Waals surface area (Å²) in [5, 5.41) is -0.0311. The van der Waals surface area contributed by atoms with Crippen LogP contribution < -0.4 is 14.9 Å². The van der Waals surface area contributed by atoms with Gasteiger partial charge in [-0.15, -0.1) is 0 Å². The highest BCUT2D eigenvalue weighted by atomic mass is 19.4. The predicted molar refractivity (Wildman–Crippen MR) is 85.3 cm³/mol. The molecule has 0 N–H and O–H groups in total. The van der Waals surface area contributed by atoms with E-state index < -0.39 is 23.1 Å². The summed E-state index contributed by atoms with van der Waals surface area (Å²) in [6, 6.07) is 10.4. The van der Waals surface area contributed by atoms with E-state index in [1.807, 2.05) is 0 Å². The van der Waals surface area contributed by atoms with Gasteiger partial charge in [0, 0.05) is 6.07 Å². The molecule has 3 rings (SSSR count). The largest absolute Gasteiger partial charge is 0.497 e. The van der Waals surface area contributed by atoms with Crippen molar-refractivity contribution in [2.45, 2.75) is 13.1 Å². The monoisotopic (exact) mass is 350 g/mol. The summed E-state index contributed by atoms with van der Waals surface area (Å²) >= 11 is 0. The summed E-state index contributed by atoms with van der Waals surface area (Å²) in [6.07, 6.45) is -4.89. The summed E-state index contributed by atoms with van der Waals surface area (Å²) in [7, 11) is 1.36. The van der Waals surface area contributed by atoms with Gasteiger partial charge in [-0.25, -0.2) is 0 Å². The Balaban J connectivity index is 2.25. The Morgan fingerprint density at radius 3 is 2.44 bits per heavy atom. The smallest absolute Gasteiger partial charge is 0.453 e. The minimum Gasteiger partial charge on any atom is -0.497 e. The quantitative estimate of drug-likeness (QED) is 0.673. The number of methoxy groups -OCH3 is 1. The van der Waals surface area contributed by atoms with E-state index in [-0.39, 0.29) is 22.5 Å². The van der Waals surface area contributed by atoms with Crippen molar-refractivity contribution >= 4 is 11.0 Å². The first-order chi connectivity index (χ1) is 11.8. The van der Waals surface area contributed by atoms with Gasteiger partial charge in [0.25, 0.3) is 5.76 Å². The van der Waals surface area contributed by atoms with Crippen LogP contribution in [0.2, 0.25) is 0 Å². The maximum atomic E-state index is 13.4. The zero-order valence-corrected chi connectivity index (χ0v) is 13.3. The van der Waals surface area contributed by atoms with Crippen LogP contribution >= 0.6 is 0 Å². The zero-order chi connectivity index (χ0) is 18.2. The van der Waals surface area contributed by atoms with Crippen LogP contribution in [0.25, 0.3) is 11.0 Å². The van der Waals surface area contributed by atoms with E-state index in [1.54, 1.807) is 19.1 Å². The maximum Gasteiger partial charge on any atom is 0.453 e. The van der Waals surface area contributed by atoms with E-state index in [0.717, 1.165) is 5.56 Å². The second-order valence-corrected chi connectivity index (χ2v) is 5.37. The minimum absolute atomic E-state index is 0.0311. The van der Waals surface area contributed by atoms with Gasteiger partial charge in [0.2, 0.25) is 11.2 Å². The molecule has 0 spiro atoms. The highest BCUT2D eigenvalue weighted by molar-refractivity contribution is 5.79. The van der Waals surface area contributed by atoms with Crippen LogP contribution in [0.15, 0.2) is 51.7 Å². The number of hydrogen-bond acceptors (Lipinski definition) is 4. The Labute approximate surface area is 140 Å². The summed E-state index contributed by atoms with van der Waals surface area (Å²) in [5.74, 6) is -1.99. The average Bonchev–Trinajstić information content (AvgIpc) is 2.56. The molecular weight excluding hydrogens is 337 g/mol. The summed E-state index contributed by atoms with van der Waals surface area (Å²) in [6.45, 7) is 1.76. The Bertz CT molecular complexity index is 990. The first-order valence-electron chi connectivity index (χ1n) is 7.26. The third-order valence-corrected chi connectivity index (χ3v) is 3.52. The van der Waals surface area contributed by atoms with Crippen LogP contribution in [0, 0.1) is 6.92 Å². The lowest BCUT2D eigenvalue weighted by molar-refractivity contribution is -0.154. The van der Waals surface area contributed by atoms with Gasteiger partial charge in [0.05, 0.1) is 12.5 Å². The molecule has 7 heteroatoms. The molecule has 4 nitrogen and oxygen atoms in total. The van der Waals surface area contributed by atoms with E-state index >= 15 is 0 Å². The van der Waals surface area contributed by atoms with Crippen LogP contribution in [0.3, 0.4) is 0 Å². The SMILES string of the molecule is COc1ccc2c(=O)c(Oc3cccc(C)c3)c(C(F)(F)F)oc2c1. The highest BCUT2D eigenvalue weighted by Gasteiger charge is 2.40. The van der Waals surface area contributed by atoms with Crippen molar-refractivity contribution in [2.75, 3.05) is 7.11 Å². The molecule has 130 valence electrons. The van der Waals surface area contributed by atoms with Gasteiger partial charge >= 0.3 is 6.18 Å². The molecule has 1 aromatic heterocycles. The van der Waals surface area contributed by atoms with Crippen LogP contribution in [0.5, 0.6) is 17.2 Å². The number of alkyl halides is 3. The van der Waals surface area contributed by atoms with Gasteiger partial charge < -0.3 is 13.9 Å². The molecule has 0 aliphatic heterocycles. The van der Waals surface area contributed by atoms with Crippen molar-refractivity contribution in [1.29, 1.82) is 0 Å². The number of benzene rings is 2. The van der Waals surface area contributed by atoms with Gasteiger partial charge in [-0.3, -0.25) is 4.79 Å². The average molecular weight is 350 g/mol. The van der Waals surface area contributed by atoms with E-state index in [9.17, 15) is 18.0 Å². The summed E-state index contributed by atoms with van der Waals surface area (Å²) < 4.78 is 55.3.